The van der Waals surface area contributed by atoms with Crippen molar-refractivity contribution in [3.63, 3.8) is 0 Å². The summed E-state index contributed by atoms with van der Waals surface area (Å²) in [6.45, 7) is 1.19. The average molecular weight is 350 g/mol. The summed E-state index contributed by atoms with van der Waals surface area (Å²) in [4.78, 5) is 22.4. The van der Waals surface area contributed by atoms with Crippen LogP contribution < -0.4 is 10.1 Å². The lowest BCUT2D eigenvalue weighted by atomic mass is 10.2. The SMILES string of the molecule is O=C(Nc1cccc(-c2ncco2)c1)N1CCC(Oc2cccnc2)C1. The Bertz CT molecular complexity index is 868. The van der Waals surface area contributed by atoms with Gasteiger partial charge in [0.15, 0.2) is 0 Å². The van der Waals surface area contributed by atoms with Crippen molar-refractivity contribution in [3.05, 3.63) is 61.3 Å². The van der Waals surface area contributed by atoms with E-state index in [1.165, 1.54) is 6.26 Å². The molecule has 0 radical (unpaired) electrons. The molecule has 1 saturated heterocycles. The summed E-state index contributed by atoms with van der Waals surface area (Å²) >= 11 is 0. The maximum atomic E-state index is 12.5. The molecule has 2 amide bonds. The van der Waals surface area contributed by atoms with Crippen LogP contribution in [0.3, 0.4) is 0 Å². The molecule has 1 aliphatic heterocycles. The zero-order valence-corrected chi connectivity index (χ0v) is 14.0. The Morgan fingerprint density at radius 1 is 1.27 bits per heavy atom. The number of likely N-dealkylation sites (tertiary alicyclic amines) is 1. The van der Waals surface area contributed by atoms with Crippen LogP contribution in [0.25, 0.3) is 11.5 Å². The number of carbonyl (C=O) groups is 1. The second-order valence-corrected chi connectivity index (χ2v) is 6.01. The van der Waals surface area contributed by atoms with E-state index in [9.17, 15) is 4.79 Å². The monoisotopic (exact) mass is 350 g/mol. The molecule has 1 atom stereocenters. The standard InChI is InChI=1S/C19H18N4O3/c24-19(22-15-4-1-3-14(11-15)18-21-8-10-25-18)23-9-6-17(13-23)26-16-5-2-7-20-12-16/h1-5,7-8,10-12,17H,6,9,13H2,(H,22,24). The number of urea groups is 1. The molecule has 1 aliphatic rings. The highest BCUT2D eigenvalue weighted by atomic mass is 16.5. The fraction of sp³-hybridized carbons (Fsp3) is 0.211. The van der Waals surface area contributed by atoms with Crippen LogP contribution in [0.5, 0.6) is 5.75 Å². The van der Waals surface area contributed by atoms with Crippen molar-refractivity contribution >= 4 is 11.7 Å². The summed E-state index contributed by atoms with van der Waals surface area (Å²) in [6, 6.07) is 11.0. The summed E-state index contributed by atoms with van der Waals surface area (Å²) in [5, 5.41) is 2.92. The van der Waals surface area contributed by atoms with Gasteiger partial charge in [-0.15, -0.1) is 0 Å². The van der Waals surface area contributed by atoms with Crippen molar-refractivity contribution in [2.24, 2.45) is 0 Å². The number of hydrogen-bond donors (Lipinski definition) is 1. The Balaban J connectivity index is 1.36. The quantitative estimate of drug-likeness (QED) is 0.780. The average Bonchev–Trinajstić information content (AvgIpc) is 3.35. The highest BCUT2D eigenvalue weighted by Crippen LogP contribution is 2.22. The van der Waals surface area contributed by atoms with E-state index in [4.69, 9.17) is 9.15 Å². The molecule has 2 aromatic heterocycles. The van der Waals surface area contributed by atoms with Crippen molar-refractivity contribution in [3.8, 4) is 17.2 Å². The third-order valence-electron chi connectivity index (χ3n) is 4.16. The van der Waals surface area contributed by atoms with Crippen LogP contribution in [0.4, 0.5) is 10.5 Å². The van der Waals surface area contributed by atoms with Crippen LogP contribution in [0.15, 0.2) is 65.7 Å². The van der Waals surface area contributed by atoms with Crippen molar-refractivity contribution in [1.82, 2.24) is 14.9 Å². The molecule has 3 heterocycles. The normalized spacial score (nSPS) is 16.5. The summed E-state index contributed by atoms with van der Waals surface area (Å²) in [5.74, 6) is 1.24. The fourth-order valence-electron chi connectivity index (χ4n) is 2.92. The third kappa shape index (κ3) is 3.66. The lowest BCUT2D eigenvalue weighted by molar-refractivity contribution is 0.194. The van der Waals surface area contributed by atoms with Crippen LogP contribution in [0.2, 0.25) is 0 Å². The van der Waals surface area contributed by atoms with Gasteiger partial charge in [0, 0.05) is 30.4 Å². The first-order valence-electron chi connectivity index (χ1n) is 8.40. The zero-order chi connectivity index (χ0) is 17.8. The maximum Gasteiger partial charge on any atom is 0.321 e. The molecule has 7 heteroatoms. The maximum absolute atomic E-state index is 12.5. The van der Waals surface area contributed by atoms with Crippen LogP contribution in [-0.2, 0) is 0 Å². The molecule has 1 fully saturated rings. The Hall–Kier alpha value is -3.35. The van der Waals surface area contributed by atoms with E-state index < -0.39 is 0 Å². The van der Waals surface area contributed by atoms with Gasteiger partial charge >= 0.3 is 6.03 Å². The first kappa shape index (κ1) is 16.1. The lowest BCUT2D eigenvalue weighted by Crippen LogP contribution is -2.34. The topological polar surface area (TPSA) is 80.5 Å². The Morgan fingerprint density at radius 3 is 3.04 bits per heavy atom. The predicted molar refractivity (Wildman–Crippen MR) is 95.8 cm³/mol. The number of oxazole rings is 1. The Kier molecular flexibility index (Phi) is 4.51. The number of hydrogen-bond acceptors (Lipinski definition) is 5. The number of ether oxygens (including phenoxy) is 1. The number of anilines is 1. The summed E-state index contributed by atoms with van der Waals surface area (Å²) in [5.41, 5.74) is 1.51. The van der Waals surface area contributed by atoms with Crippen molar-refractivity contribution in [2.75, 3.05) is 18.4 Å². The van der Waals surface area contributed by atoms with E-state index >= 15 is 0 Å². The molecule has 0 saturated carbocycles. The smallest absolute Gasteiger partial charge is 0.321 e. The number of nitrogens with zero attached hydrogens (tertiary/aromatic N) is 3. The minimum Gasteiger partial charge on any atom is -0.487 e. The number of pyridine rings is 1. The van der Waals surface area contributed by atoms with E-state index in [0.717, 1.165) is 17.7 Å². The fourth-order valence-corrected chi connectivity index (χ4v) is 2.92. The molecular weight excluding hydrogens is 332 g/mol. The number of amides is 2. The van der Waals surface area contributed by atoms with Gasteiger partial charge in [0.25, 0.3) is 0 Å². The highest BCUT2D eigenvalue weighted by molar-refractivity contribution is 5.90. The Morgan fingerprint density at radius 2 is 2.23 bits per heavy atom. The molecular formula is C19H18N4O3. The van der Waals surface area contributed by atoms with Crippen LogP contribution in [0.1, 0.15) is 6.42 Å². The number of rotatable bonds is 4. The molecule has 0 spiro atoms. The van der Waals surface area contributed by atoms with Crippen molar-refractivity contribution in [2.45, 2.75) is 12.5 Å². The first-order valence-corrected chi connectivity index (χ1v) is 8.40. The summed E-state index contributed by atoms with van der Waals surface area (Å²) in [7, 11) is 0. The van der Waals surface area contributed by atoms with E-state index in [-0.39, 0.29) is 12.1 Å². The molecule has 3 aromatic rings. The van der Waals surface area contributed by atoms with Gasteiger partial charge in [-0.1, -0.05) is 6.07 Å². The molecule has 1 unspecified atom stereocenters. The number of nitrogens with one attached hydrogen (secondary N) is 1. The summed E-state index contributed by atoms with van der Waals surface area (Å²) < 4.78 is 11.2. The van der Waals surface area contributed by atoms with Gasteiger partial charge in [-0.05, 0) is 30.3 Å². The molecule has 0 aliphatic carbocycles. The van der Waals surface area contributed by atoms with Gasteiger partial charge in [0.05, 0.1) is 18.9 Å². The van der Waals surface area contributed by atoms with Gasteiger partial charge in [-0.25, -0.2) is 9.78 Å². The zero-order valence-electron chi connectivity index (χ0n) is 14.0. The second kappa shape index (κ2) is 7.26. The van der Waals surface area contributed by atoms with Crippen molar-refractivity contribution < 1.29 is 13.9 Å². The van der Waals surface area contributed by atoms with Gasteiger partial charge in [-0.3, -0.25) is 4.98 Å². The van der Waals surface area contributed by atoms with Crippen LogP contribution in [0, 0.1) is 0 Å². The van der Waals surface area contributed by atoms with Crippen LogP contribution >= 0.6 is 0 Å². The molecule has 7 nitrogen and oxygen atoms in total. The largest absolute Gasteiger partial charge is 0.487 e. The third-order valence-corrected chi connectivity index (χ3v) is 4.16. The second-order valence-electron chi connectivity index (χ2n) is 6.01. The molecule has 1 aromatic carbocycles. The van der Waals surface area contributed by atoms with Gasteiger partial charge in [0.1, 0.15) is 18.1 Å². The molecule has 4 rings (SSSR count). The van der Waals surface area contributed by atoms with E-state index in [1.807, 2.05) is 36.4 Å². The van der Waals surface area contributed by atoms with Gasteiger partial charge in [0.2, 0.25) is 5.89 Å². The van der Waals surface area contributed by atoms with Gasteiger partial charge < -0.3 is 19.4 Å². The molecule has 132 valence electrons. The lowest BCUT2D eigenvalue weighted by Gasteiger charge is -2.18. The number of benzene rings is 1. The van der Waals surface area contributed by atoms with E-state index in [2.05, 4.69) is 15.3 Å². The molecule has 0 bridgehead atoms. The predicted octanol–water partition coefficient (Wildman–Crippen LogP) is 3.42. The minimum atomic E-state index is -0.146. The Labute approximate surface area is 150 Å². The van der Waals surface area contributed by atoms with Gasteiger partial charge in [-0.2, -0.15) is 0 Å². The molecule has 26 heavy (non-hydrogen) atoms. The van der Waals surface area contributed by atoms with E-state index in [1.54, 1.807) is 23.5 Å². The van der Waals surface area contributed by atoms with Crippen LogP contribution in [-0.4, -0.2) is 40.1 Å². The van der Waals surface area contributed by atoms with E-state index in [0.29, 0.717) is 24.7 Å². The number of aromatic nitrogens is 2. The minimum absolute atomic E-state index is 0.0244. The summed E-state index contributed by atoms with van der Waals surface area (Å²) in [6.07, 6.45) is 7.26. The first-order chi connectivity index (χ1) is 12.8. The number of carbonyl (C=O) groups excluding carboxylic acids is 1. The molecule has 1 N–H and O–H groups in total. The van der Waals surface area contributed by atoms with Crippen molar-refractivity contribution in [1.29, 1.82) is 0 Å². The highest BCUT2D eigenvalue weighted by Gasteiger charge is 2.27.